The summed E-state index contributed by atoms with van der Waals surface area (Å²) in [6, 6.07) is 0.119. The number of hydrogen-bond acceptors (Lipinski definition) is 2. The maximum absolute atomic E-state index is 11.4. The number of carbonyl (C=O) groups excluding carboxylic acids is 1. The van der Waals surface area contributed by atoms with Gasteiger partial charge in [-0.15, -0.1) is 0 Å². The molecule has 0 radical (unpaired) electrons. The van der Waals surface area contributed by atoms with Gasteiger partial charge in [-0.3, -0.25) is 4.79 Å². The second-order valence-electron chi connectivity index (χ2n) is 3.92. The van der Waals surface area contributed by atoms with Gasteiger partial charge in [0.25, 0.3) is 0 Å². The Labute approximate surface area is 73.7 Å². The predicted molar refractivity (Wildman–Crippen MR) is 48.5 cm³/mol. The highest BCUT2D eigenvalue weighted by Crippen LogP contribution is 2.32. The minimum atomic E-state index is 0.119. The largest absolute Gasteiger partial charge is 0.352 e. The molecule has 0 bridgehead atoms. The number of rotatable bonds is 3. The van der Waals surface area contributed by atoms with Crippen LogP contribution in [-0.2, 0) is 4.79 Å². The lowest BCUT2D eigenvalue weighted by Gasteiger charge is -2.32. The number of nitrogens with two attached hydrogens (primary N) is 1. The van der Waals surface area contributed by atoms with Crippen LogP contribution in [-0.4, -0.2) is 18.5 Å². The lowest BCUT2D eigenvalue weighted by Crippen LogP contribution is -2.44. The molecule has 1 rings (SSSR count). The van der Waals surface area contributed by atoms with Gasteiger partial charge in [-0.1, -0.05) is 6.92 Å². The molecule has 1 atom stereocenters. The molecule has 3 nitrogen and oxygen atoms in total. The Balaban J connectivity index is 2.20. The fraction of sp³-hybridized carbons (Fsp3) is 0.889. The molecule has 0 aromatic heterocycles. The van der Waals surface area contributed by atoms with Gasteiger partial charge >= 0.3 is 0 Å². The number of hydrogen-bond donors (Lipinski definition) is 2. The van der Waals surface area contributed by atoms with E-state index in [-0.39, 0.29) is 17.9 Å². The van der Waals surface area contributed by atoms with Crippen LogP contribution in [0.5, 0.6) is 0 Å². The van der Waals surface area contributed by atoms with Crippen molar-refractivity contribution >= 4 is 5.91 Å². The van der Waals surface area contributed by atoms with Crippen molar-refractivity contribution in [1.82, 2.24) is 5.32 Å². The minimum absolute atomic E-state index is 0.119. The summed E-state index contributed by atoms with van der Waals surface area (Å²) in [5.41, 5.74) is 5.39. The van der Waals surface area contributed by atoms with E-state index >= 15 is 0 Å². The van der Waals surface area contributed by atoms with Crippen LogP contribution >= 0.6 is 0 Å². The molecule has 3 N–H and O–H groups in total. The molecule has 1 aliphatic carbocycles. The van der Waals surface area contributed by atoms with Gasteiger partial charge in [0, 0.05) is 18.5 Å². The first kappa shape index (κ1) is 9.52. The zero-order valence-corrected chi connectivity index (χ0v) is 7.84. The molecule has 0 heterocycles. The molecule has 1 aliphatic rings. The molecule has 1 amide bonds. The predicted octanol–water partition coefficient (Wildman–Crippen LogP) is 0.496. The second kappa shape index (κ2) is 3.90. The number of nitrogens with one attached hydrogen (secondary N) is 1. The smallest absolute Gasteiger partial charge is 0.223 e. The van der Waals surface area contributed by atoms with Crippen LogP contribution in [0.15, 0.2) is 0 Å². The summed E-state index contributed by atoms with van der Waals surface area (Å²) < 4.78 is 0. The van der Waals surface area contributed by atoms with E-state index in [4.69, 9.17) is 5.73 Å². The normalized spacial score (nSPS) is 30.6. The molecular formula is C9H18N2O. The summed E-state index contributed by atoms with van der Waals surface area (Å²) in [5.74, 6) is 1.17. The van der Waals surface area contributed by atoms with Crippen molar-refractivity contribution in [3.05, 3.63) is 0 Å². The summed E-state index contributed by atoms with van der Waals surface area (Å²) in [6.45, 7) is 4.63. The summed E-state index contributed by atoms with van der Waals surface area (Å²) in [7, 11) is 0. The van der Waals surface area contributed by atoms with Gasteiger partial charge < -0.3 is 11.1 Å². The fourth-order valence-electron chi connectivity index (χ4n) is 1.54. The molecule has 0 aromatic rings. The molecule has 0 unspecified atom stereocenters. The van der Waals surface area contributed by atoms with Crippen LogP contribution in [0.25, 0.3) is 0 Å². The van der Waals surface area contributed by atoms with Crippen molar-refractivity contribution in [2.24, 2.45) is 17.6 Å². The lowest BCUT2D eigenvalue weighted by atomic mass is 9.75. The zero-order chi connectivity index (χ0) is 9.14. The highest BCUT2D eigenvalue weighted by Gasteiger charge is 2.31. The summed E-state index contributed by atoms with van der Waals surface area (Å²) in [4.78, 5) is 11.4. The second-order valence-corrected chi connectivity index (χ2v) is 3.92. The third-order valence-corrected chi connectivity index (χ3v) is 2.49. The monoisotopic (exact) mass is 170 g/mol. The number of amides is 1. The van der Waals surface area contributed by atoms with Crippen molar-refractivity contribution < 1.29 is 4.79 Å². The molecule has 0 spiro atoms. The third-order valence-electron chi connectivity index (χ3n) is 2.49. The van der Waals surface area contributed by atoms with Crippen LogP contribution in [0.4, 0.5) is 0 Å². The summed E-state index contributed by atoms with van der Waals surface area (Å²) >= 11 is 0. The van der Waals surface area contributed by atoms with Crippen LogP contribution < -0.4 is 11.1 Å². The maximum atomic E-state index is 11.4. The Bertz CT molecular complexity index is 164. The SMILES string of the molecule is CC1CC(C(=O)N[C@@H](C)CN)C1. The fourth-order valence-corrected chi connectivity index (χ4v) is 1.54. The van der Waals surface area contributed by atoms with Crippen LogP contribution in [0.3, 0.4) is 0 Å². The molecule has 0 aromatic carbocycles. The standard InChI is InChI=1S/C9H18N2O/c1-6-3-8(4-6)9(12)11-7(2)5-10/h6-8H,3-5,10H2,1-2H3,(H,11,12)/t6?,7-,8?/m0/s1. The van der Waals surface area contributed by atoms with Crippen molar-refractivity contribution in [2.75, 3.05) is 6.54 Å². The summed E-state index contributed by atoms with van der Waals surface area (Å²) in [5, 5.41) is 2.89. The van der Waals surface area contributed by atoms with E-state index < -0.39 is 0 Å². The van der Waals surface area contributed by atoms with E-state index in [1.54, 1.807) is 0 Å². The van der Waals surface area contributed by atoms with Crippen molar-refractivity contribution in [3.8, 4) is 0 Å². The van der Waals surface area contributed by atoms with E-state index in [9.17, 15) is 4.79 Å². The van der Waals surface area contributed by atoms with E-state index in [1.165, 1.54) is 0 Å². The molecule has 1 fully saturated rings. The van der Waals surface area contributed by atoms with Gasteiger partial charge in [-0.25, -0.2) is 0 Å². The average Bonchev–Trinajstić information content (AvgIpc) is 1.98. The van der Waals surface area contributed by atoms with Crippen LogP contribution in [0.1, 0.15) is 26.7 Å². The van der Waals surface area contributed by atoms with Gasteiger partial charge in [0.1, 0.15) is 0 Å². The van der Waals surface area contributed by atoms with Crippen molar-refractivity contribution in [2.45, 2.75) is 32.7 Å². The minimum Gasteiger partial charge on any atom is -0.352 e. The Hall–Kier alpha value is -0.570. The van der Waals surface area contributed by atoms with E-state index in [0.717, 1.165) is 18.8 Å². The van der Waals surface area contributed by atoms with Gasteiger partial charge in [0.15, 0.2) is 0 Å². The molecule has 0 saturated heterocycles. The maximum Gasteiger partial charge on any atom is 0.223 e. The third kappa shape index (κ3) is 2.21. The zero-order valence-electron chi connectivity index (χ0n) is 7.84. The Morgan fingerprint density at radius 1 is 1.67 bits per heavy atom. The van der Waals surface area contributed by atoms with Gasteiger partial charge in [-0.05, 0) is 25.7 Å². The Morgan fingerprint density at radius 2 is 2.25 bits per heavy atom. The van der Waals surface area contributed by atoms with Crippen LogP contribution in [0, 0.1) is 11.8 Å². The summed E-state index contributed by atoms with van der Waals surface area (Å²) in [6.07, 6.45) is 2.09. The first-order valence-corrected chi connectivity index (χ1v) is 4.64. The van der Waals surface area contributed by atoms with E-state index in [0.29, 0.717) is 6.54 Å². The molecule has 70 valence electrons. The van der Waals surface area contributed by atoms with E-state index in [2.05, 4.69) is 12.2 Å². The first-order chi connectivity index (χ1) is 5.63. The number of carbonyl (C=O) groups is 1. The molecule has 0 aliphatic heterocycles. The van der Waals surface area contributed by atoms with Crippen molar-refractivity contribution in [3.63, 3.8) is 0 Å². The molecule has 1 saturated carbocycles. The van der Waals surface area contributed by atoms with Crippen LogP contribution in [0.2, 0.25) is 0 Å². The topological polar surface area (TPSA) is 55.1 Å². The van der Waals surface area contributed by atoms with E-state index in [1.807, 2.05) is 6.92 Å². The van der Waals surface area contributed by atoms with Gasteiger partial charge in [0.05, 0.1) is 0 Å². The highest BCUT2D eigenvalue weighted by molar-refractivity contribution is 5.79. The molecule has 3 heteroatoms. The van der Waals surface area contributed by atoms with Crippen molar-refractivity contribution in [1.29, 1.82) is 0 Å². The first-order valence-electron chi connectivity index (χ1n) is 4.64. The highest BCUT2D eigenvalue weighted by atomic mass is 16.2. The quantitative estimate of drug-likeness (QED) is 0.648. The lowest BCUT2D eigenvalue weighted by molar-refractivity contribution is -0.129. The van der Waals surface area contributed by atoms with Gasteiger partial charge in [-0.2, -0.15) is 0 Å². The van der Waals surface area contributed by atoms with Gasteiger partial charge in [0.2, 0.25) is 5.91 Å². The Kier molecular flexibility index (Phi) is 3.09. The molecular weight excluding hydrogens is 152 g/mol. The Morgan fingerprint density at radius 3 is 2.67 bits per heavy atom. The molecule has 12 heavy (non-hydrogen) atoms. The average molecular weight is 170 g/mol.